The maximum atomic E-state index is 13.1. The minimum atomic E-state index is -4.95. The van der Waals surface area contributed by atoms with E-state index in [0.29, 0.717) is 31.7 Å². The predicted molar refractivity (Wildman–Crippen MR) is 115 cm³/mol. The number of aliphatic hydroxyl groups is 1. The Kier molecular flexibility index (Phi) is 8.61. The lowest BCUT2D eigenvalue weighted by molar-refractivity contribution is -0.141. The van der Waals surface area contributed by atoms with E-state index in [9.17, 15) is 27.9 Å². The minimum absolute atomic E-state index is 0.00593. The van der Waals surface area contributed by atoms with Crippen LogP contribution in [0.4, 0.5) is 19.0 Å². The maximum absolute atomic E-state index is 13.1. The number of amides is 1. The number of H-pyrrole nitrogens is 1. The van der Waals surface area contributed by atoms with Crippen molar-refractivity contribution in [2.75, 3.05) is 50.9 Å². The van der Waals surface area contributed by atoms with Crippen LogP contribution in [0.5, 0.6) is 5.75 Å². The Labute approximate surface area is 197 Å². The molecule has 11 nitrogen and oxygen atoms in total. The number of halogens is 3. The predicted octanol–water partition coefficient (Wildman–Crippen LogP) is 0.551. The number of nitriles is 1. The molecule has 3 heterocycles. The van der Waals surface area contributed by atoms with Crippen LogP contribution in [-0.2, 0) is 15.7 Å². The number of pyridine rings is 1. The molecule has 188 valence electrons. The van der Waals surface area contributed by atoms with E-state index in [1.165, 1.54) is 6.20 Å². The van der Waals surface area contributed by atoms with E-state index < -0.39 is 42.4 Å². The lowest BCUT2D eigenvalue weighted by atomic mass is 10.2. The minimum Gasteiger partial charge on any atom is -0.488 e. The highest BCUT2D eigenvalue weighted by atomic mass is 19.4. The van der Waals surface area contributed by atoms with E-state index in [4.69, 9.17) is 14.7 Å². The molecule has 1 atom stereocenters. The highest BCUT2D eigenvalue weighted by molar-refractivity contribution is 5.76. The normalized spacial score (nSPS) is 14.9. The summed E-state index contributed by atoms with van der Waals surface area (Å²) in [5, 5.41) is 23.3. The van der Waals surface area contributed by atoms with Gasteiger partial charge in [-0.15, -0.1) is 0 Å². The molecule has 0 unspecified atom stereocenters. The fourth-order valence-electron chi connectivity index (χ4n) is 3.39. The molecule has 2 aromatic rings. The summed E-state index contributed by atoms with van der Waals surface area (Å²) in [6.07, 6.45) is -3.75. The fraction of sp³-hybridized carbons (Fsp3) is 0.476. The molecule has 35 heavy (non-hydrogen) atoms. The quantitative estimate of drug-likeness (QED) is 0.508. The fourth-order valence-corrected chi connectivity index (χ4v) is 3.39. The average Bonchev–Trinajstić information content (AvgIpc) is 2.85. The standard InChI is InChI=1S/C21H23F3N6O5/c22-21(23,24)19-16(11-27-28-20(19)33)35-13-15(12-31)34-8-3-18(32)30-6-4-29(5-7-30)17-2-1-14(9-25)10-26-17/h1-2,10-11,15,31H,3-8,12-13H2,(H,28,33)/t15-/m0/s1. The molecule has 1 fully saturated rings. The van der Waals surface area contributed by atoms with Crippen LogP contribution < -0.4 is 15.2 Å². The van der Waals surface area contributed by atoms with Crippen LogP contribution in [0.25, 0.3) is 0 Å². The van der Waals surface area contributed by atoms with Crippen LogP contribution in [0.2, 0.25) is 0 Å². The van der Waals surface area contributed by atoms with E-state index in [1.807, 2.05) is 11.0 Å². The average molecular weight is 496 g/mol. The number of aliphatic hydroxyl groups excluding tert-OH is 1. The first-order valence-electron chi connectivity index (χ1n) is 10.6. The molecule has 3 rings (SSSR count). The number of hydrogen-bond donors (Lipinski definition) is 2. The number of rotatable bonds is 9. The number of hydrogen-bond acceptors (Lipinski definition) is 9. The molecule has 1 aliphatic rings. The highest BCUT2D eigenvalue weighted by Crippen LogP contribution is 2.32. The Hall–Kier alpha value is -3.70. The molecule has 0 radical (unpaired) electrons. The van der Waals surface area contributed by atoms with Crippen molar-refractivity contribution >= 4 is 11.7 Å². The van der Waals surface area contributed by atoms with Crippen molar-refractivity contribution in [3.05, 3.63) is 46.0 Å². The SMILES string of the molecule is N#Cc1ccc(N2CCN(C(=O)CCO[C@@H](CO)COc3cn[nH]c(=O)c3C(F)(F)F)CC2)nc1. The smallest absolute Gasteiger partial charge is 0.425 e. The van der Waals surface area contributed by atoms with Crippen LogP contribution in [0.1, 0.15) is 17.5 Å². The van der Waals surface area contributed by atoms with Crippen molar-refractivity contribution < 1.29 is 32.5 Å². The van der Waals surface area contributed by atoms with Gasteiger partial charge in [-0.05, 0) is 12.1 Å². The number of nitrogens with zero attached hydrogens (tertiary/aromatic N) is 5. The Balaban J connectivity index is 1.43. The lowest BCUT2D eigenvalue weighted by Crippen LogP contribution is -2.49. The van der Waals surface area contributed by atoms with Crippen LogP contribution in [0, 0.1) is 11.3 Å². The molecule has 1 saturated heterocycles. The summed E-state index contributed by atoms with van der Waals surface area (Å²) >= 11 is 0. The molecule has 0 saturated carbocycles. The third-order valence-corrected chi connectivity index (χ3v) is 5.24. The number of piperazine rings is 1. The van der Waals surface area contributed by atoms with Crippen molar-refractivity contribution in [1.29, 1.82) is 5.26 Å². The number of nitrogens with one attached hydrogen (secondary N) is 1. The summed E-state index contributed by atoms with van der Waals surface area (Å²) in [7, 11) is 0. The van der Waals surface area contributed by atoms with Crippen LogP contribution in [-0.4, -0.2) is 83.2 Å². The number of carbonyl (C=O) groups excluding carboxylic acids is 1. The molecule has 0 aliphatic carbocycles. The van der Waals surface area contributed by atoms with Crippen molar-refractivity contribution in [1.82, 2.24) is 20.1 Å². The Bertz CT molecular complexity index is 1090. The van der Waals surface area contributed by atoms with Gasteiger partial charge in [-0.2, -0.15) is 23.5 Å². The van der Waals surface area contributed by atoms with Gasteiger partial charge in [-0.3, -0.25) is 9.59 Å². The van der Waals surface area contributed by atoms with Crippen LogP contribution in [0.15, 0.2) is 29.3 Å². The second-order valence-corrected chi connectivity index (χ2v) is 7.56. The van der Waals surface area contributed by atoms with Gasteiger partial charge in [0.05, 0.1) is 31.4 Å². The largest absolute Gasteiger partial charge is 0.488 e. The third-order valence-electron chi connectivity index (χ3n) is 5.24. The molecule has 2 N–H and O–H groups in total. The van der Waals surface area contributed by atoms with Crippen LogP contribution >= 0.6 is 0 Å². The number of aromatic nitrogens is 3. The monoisotopic (exact) mass is 496 g/mol. The highest BCUT2D eigenvalue weighted by Gasteiger charge is 2.38. The first-order chi connectivity index (χ1) is 16.7. The van der Waals surface area contributed by atoms with Crippen LogP contribution in [0.3, 0.4) is 0 Å². The molecule has 14 heteroatoms. The zero-order valence-corrected chi connectivity index (χ0v) is 18.5. The number of ether oxygens (including phenoxy) is 2. The summed E-state index contributed by atoms with van der Waals surface area (Å²) < 4.78 is 49.6. The van der Waals surface area contributed by atoms with E-state index in [0.717, 1.165) is 12.0 Å². The first kappa shape index (κ1) is 25.9. The lowest BCUT2D eigenvalue weighted by Gasteiger charge is -2.35. The second kappa shape index (κ2) is 11.6. The zero-order chi connectivity index (χ0) is 25.4. The Morgan fingerprint density at radius 3 is 2.60 bits per heavy atom. The van der Waals surface area contributed by atoms with Gasteiger partial charge in [-0.25, -0.2) is 10.1 Å². The van der Waals surface area contributed by atoms with Gasteiger partial charge in [0.25, 0.3) is 5.56 Å². The summed E-state index contributed by atoms with van der Waals surface area (Å²) in [5.41, 5.74) is -2.52. The van der Waals surface area contributed by atoms with Gasteiger partial charge in [0.1, 0.15) is 24.6 Å². The number of aromatic amines is 1. The van der Waals surface area contributed by atoms with E-state index >= 15 is 0 Å². The third kappa shape index (κ3) is 6.90. The van der Waals surface area contributed by atoms with Gasteiger partial charge in [-0.1, -0.05) is 0 Å². The summed E-state index contributed by atoms with van der Waals surface area (Å²) in [6.45, 7) is 0.919. The molecule has 0 spiro atoms. The van der Waals surface area contributed by atoms with Gasteiger partial charge in [0, 0.05) is 32.4 Å². The first-order valence-corrected chi connectivity index (χ1v) is 10.6. The van der Waals surface area contributed by atoms with E-state index in [-0.39, 0.29) is 18.9 Å². The Morgan fingerprint density at radius 1 is 1.26 bits per heavy atom. The number of anilines is 1. The molecular weight excluding hydrogens is 473 g/mol. The second-order valence-electron chi connectivity index (χ2n) is 7.56. The van der Waals surface area contributed by atoms with Crippen molar-refractivity contribution in [3.8, 4) is 11.8 Å². The van der Waals surface area contributed by atoms with E-state index in [1.54, 1.807) is 22.1 Å². The summed E-state index contributed by atoms with van der Waals surface area (Å²) in [5.74, 6) is -0.239. The Morgan fingerprint density at radius 2 is 2.00 bits per heavy atom. The van der Waals surface area contributed by atoms with Gasteiger partial charge in [0.2, 0.25) is 5.91 Å². The van der Waals surface area contributed by atoms with Gasteiger partial charge >= 0.3 is 6.18 Å². The molecule has 1 aliphatic heterocycles. The van der Waals surface area contributed by atoms with E-state index in [2.05, 4.69) is 10.1 Å². The molecule has 0 aromatic carbocycles. The molecule has 2 aromatic heterocycles. The topological polar surface area (TPSA) is 145 Å². The zero-order valence-electron chi connectivity index (χ0n) is 18.5. The van der Waals surface area contributed by atoms with Gasteiger partial charge in [0.15, 0.2) is 11.3 Å². The van der Waals surface area contributed by atoms with Crippen molar-refractivity contribution in [2.24, 2.45) is 0 Å². The molecular formula is C21H23F3N6O5. The van der Waals surface area contributed by atoms with Gasteiger partial charge < -0.3 is 24.4 Å². The molecule has 1 amide bonds. The summed E-state index contributed by atoms with van der Waals surface area (Å²) in [6, 6.07) is 5.43. The summed E-state index contributed by atoms with van der Waals surface area (Å²) in [4.78, 5) is 31.8. The maximum Gasteiger partial charge on any atom is 0.425 e. The van der Waals surface area contributed by atoms with Crippen molar-refractivity contribution in [2.45, 2.75) is 18.7 Å². The number of carbonyl (C=O) groups is 1. The van der Waals surface area contributed by atoms with Crippen molar-refractivity contribution in [3.63, 3.8) is 0 Å². The number of alkyl halides is 3. The molecule has 0 bridgehead atoms.